The second kappa shape index (κ2) is 8.45. The molecule has 6 nitrogen and oxygen atoms in total. The van der Waals surface area contributed by atoms with Crippen LogP contribution in [0.2, 0.25) is 0 Å². The molecule has 25 heavy (non-hydrogen) atoms. The number of benzene rings is 1. The van der Waals surface area contributed by atoms with Crippen molar-refractivity contribution in [2.75, 3.05) is 18.5 Å². The third kappa shape index (κ3) is 4.38. The van der Waals surface area contributed by atoms with E-state index >= 15 is 0 Å². The van der Waals surface area contributed by atoms with E-state index in [2.05, 4.69) is 33.7 Å². The summed E-state index contributed by atoms with van der Waals surface area (Å²) in [6.45, 7) is 2.69. The number of rotatable bonds is 8. The maximum atomic E-state index is 12.1. The van der Waals surface area contributed by atoms with Crippen molar-refractivity contribution in [3.05, 3.63) is 29.3 Å². The summed E-state index contributed by atoms with van der Waals surface area (Å²) >= 11 is 0. The molecule has 0 aliphatic carbocycles. The molecule has 2 heterocycles. The lowest BCUT2D eigenvalue weighted by atomic mass is 10.0. The van der Waals surface area contributed by atoms with E-state index in [0.717, 1.165) is 51.0 Å². The first-order valence-corrected chi connectivity index (χ1v) is 9.22. The molecule has 0 radical (unpaired) electrons. The molecular weight excluding hydrogens is 318 g/mol. The van der Waals surface area contributed by atoms with E-state index < -0.39 is 0 Å². The predicted molar refractivity (Wildman–Crippen MR) is 95.9 cm³/mol. The molecule has 6 heteroatoms. The van der Waals surface area contributed by atoms with Gasteiger partial charge < -0.3 is 10.4 Å². The van der Waals surface area contributed by atoms with Crippen LogP contribution in [-0.2, 0) is 22.7 Å². The normalized spacial score (nSPS) is 20.4. The average molecular weight is 345 g/mol. The molecule has 1 fully saturated rings. The summed E-state index contributed by atoms with van der Waals surface area (Å²) in [6, 6.07) is 6.06. The molecule has 0 saturated carbocycles. The van der Waals surface area contributed by atoms with Crippen LogP contribution in [0.25, 0.3) is 0 Å². The highest BCUT2D eigenvalue weighted by molar-refractivity contribution is 6.00. The zero-order valence-corrected chi connectivity index (χ0v) is 14.6. The highest BCUT2D eigenvalue weighted by Crippen LogP contribution is 2.32. The van der Waals surface area contributed by atoms with Gasteiger partial charge in [-0.25, -0.2) is 0 Å². The maximum Gasteiger partial charge on any atom is 0.243 e. The number of carbonyl (C=O) groups is 2. The Morgan fingerprint density at radius 1 is 1.16 bits per heavy atom. The second-order valence-electron chi connectivity index (χ2n) is 6.88. The van der Waals surface area contributed by atoms with Gasteiger partial charge in [0.1, 0.15) is 0 Å². The first-order chi connectivity index (χ1) is 12.2. The molecular formula is C19H27N3O3. The van der Waals surface area contributed by atoms with Gasteiger partial charge in [0.25, 0.3) is 0 Å². The van der Waals surface area contributed by atoms with Crippen LogP contribution in [0.15, 0.2) is 18.2 Å². The van der Waals surface area contributed by atoms with Crippen LogP contribution in [0.3, 0.4) is 0 Å². The van der Waals surface area contributed by atoms with Gasteiger partial charge in [-0.3, -0.25) is 19.8 Å². The number of imide groups is 1. The minimum absolute atomic E-state index is 0.164. The van der Waals surface area contributed by atoms with Crippen LogP contribution in [0.1, 0.15) is 49.7 Å². The number of carbonyl (C=O) groups excluding carboxylic acids is 2. The molecule has 1 unspecified atom stereocenters. The second-order valence-corrected chi connectivity index (χ2v) is 6.88. The van der Waals surface area contributed by atoms with Crippen molar-refractivity contribution in [1.82, 2.24) is 10.2 Å². The zero-order valence-electron chi connectivity index (χ0n) is 14.6. The van der Waals surface area contributed by atoms with Gasteiger partial charge in [0.15, 0.2) is 0 Å². The summed E-state index contributed by atoms with van der Waals surface area (Å²) in [5, 5.41) is 14.8. The van der Waals surface area contributed by atoms with Crippen LogP contribution in [0, 0.1) is 0 Å². The number of amides is 2. The molecule has 0 aromatic heterocycles. The number of anilines is 1. The smallest absolute Gasteiger partial charge is 0.243 e. The molecule has 1 saturated heterocycles. The fourth-order valence-electron chi connectivity index (χ4n) is 3.68. The largest absolute Gasteiger partial charge is 0.396 e. The Hall–Kier alpha value is -1.92. The van der Waals surface area contributed by atoms with E-state index in [9.17, 15) is 9.59 Å². The van der Waals surface area contributed by atoms with Crippen molar-refractivity contribution in [1.29, 1.82) is 0 Å². The number of unbranched alkanes of at least 4 members (excludes halogenated alkanes) is 3. The van der Waals surface area contributed by atoms with Crippen LogP contribution in [-0.4, -0.2) is 41.0 Å². The molecule has 1 aromatic carbocycles. The number of nitrogens with zero attached hydrogens (tertiary/aromatic N) is 1. The minimum atomic E-state index is -0.212. The van der Waals surface area contributed by atoms with E-state index in [1.165, 1.54) is 11.1 Å². The highest BCUT2D eigenvalue weighted by Gasteiger charge is 2.35. The summed E-state index contributed by atoms with van der Waals surface area (Å²) in [4.78, 5) is 25.6. The Kier molecular flexibility index (Phi) is 6.04. The monoisotopic (exact) mass is 345 g/mol. The molecule has 3 rings (SSSR count). The van der Waals surface area contributed by atoms with Crippen molar-refractivity contribution in [3.63, 3.8) is 0 Å². The lowest BCUT2D eigenvalue weighted by molar-refractivity contribution is -0.137. The van der Waals surface area contributed by atoms with Gasteiger partial charge in [-0.2, -0.15) is 0 Å². The molecule has 1 atom stereocenters. The third-order valence-electron chi connectivity index (χ3n) is 5.06. The van der Waals surface area contributed by atoms with Crippen molar-refractivity contribution in [2.24, 2.45) is 0 Å². The van der Waals surface area contributed by atoms with Crippen molar-refractivity contribution < 1.29 is 14.7 Å². The standard InChI is InChI=1S/C19H27N3O3/c23-11-4-2-1-3-10-20-16-7-5-6-14-12-22(13-15(14)16)17-8-9-18(24)21-19(17)25/h5-7,17,20,23H,1-4,8-13H2,(H,21,24,25). The fourth-order valence-corrected chi connectivity index (χ4v) is 3.68. The molecule has 2 aliphatic heterocycles. The predicted octanol–water partition coefficient (Wildman–Crippen LogP) is 1.77. The summed E-state index contributed by atoms with van der Waals surface area (Å²) in [6.07, 6.45) is 5.16. The van der Waals surface area contributed by atoms with Gasteiger partial charge in [-0.1, -0.05) is 25.0 Å². The topological polar surface area (TPSA) is 81.7 Å². The Morgan fingerprint density at radius 3 is 2.80 bits per heavy atom. The van der Waals surface area contributed by atoms with E-state index in [1.54, 1.807) is 0 Å². The molecule has 1 aromatic rings. The zero-order chi connectivity index (χ0) is 17.6. The Labute approximate surface area is 148 Å². The molecule has 2 amide bonds. The SMILES string of the molecule is O=C1CCC(N2Cc3cccc(NCCCCCCO)c3C2)C(=O)N1. The van der Waals surface area contributed by atoms with Gasteiger partial charge in [0, 0.05) is 38.3 Å². The van der Waals surface area contributed by atoms with Gasteiger partial charge in [-0.05, 0) is 36.5 Å². The number of piperidine rings is 1. The molecule has 0 spiro atoms. The van der Waals surface area contributed by atoms with Crippen molar-refractivity contribution >= 4 is 17.5 Å². The third-order valence-corrected chi connectivity index (χ3v) is 5.06. The molecule has 0 bridgehead atoms. The Bertz CT molecular complexity index is 632. The number of aliphatic hydroxyl groups excluding tert-OH is 1. The summed E-state index contributed by atoms with van der Waals surface area (Å²) < 4.78 is 0. The number of hydrogen-bond donors (Lipinski definition) is 3. The Morgan fingerprint density at radius 2 is 2.00 bits per heavy atom. The van der Waals surface area contributed by atoms with Crippen molar-refractivity contribution in [3.8, 4) is 0 Å². The van der Waals surface area contributed by atoms with Crippen LogP contribution in [0.5, 0.6) is 0 Å². The lowest BCUT2D eigenvalue weighted by Gasteiger charge is -2.29. The van der Waals surface area contributed by atoms with Gasteiger partial charge in [0.2, 0.25) is 11.8 Å². The van der Waals surface area contributed by atoms with Crippen LogP contribution in [0.4, 0.5) is 5.69 Å². The summed E-state index contributed by atoms with van der Waals surface area (Å²) in [5.74, 6) is -0.330. The fraction of sp³-hybridized carbons (Fsp3) is 0.579. The van der Waals surface area contributed by atoms with E-state index in [-0.39, 0.29) is 24.5 Å². The first-order valence-electron chi connectivity index (χ1n) is 9.22. The number of fused-ring (bicyclic) bond motifs is 1. The summed E-state index contributed by atoms with van der Waals surface area (Å²) in [7, 11) is 0. The quantitative estimate of drug-likeness (QED) is 0.494. The Balaban J connectivity index is 1.56. The molecule has 2 aliphatic rings. The summed E-state index contributed by atoms with van der Waals surface area (Å²) in [5.41, 5.74) is 3.67. The van der Waals surface area contributed by atoms with Crippen molar-refractivity contribution in [2.45, 2.75) is 57.7 Å². The van der Waals surface area contributed by atoms with Gasteiger partial charge >= 0.3 is 0 Å². The first kappa shape index (κ1) is 17.9. The van der Waals surface area contributed by atoms with E-state index in [1.807, 2.05) is 0 Å². The van der Waals surface area contributed by atoms with E-state index in [0.29, 0.717) is 12.8 Å². The van der Waals surface area contributed by atoms with E-state index in [4.69, 9.17) is 5.11 Å². The van der Waals surface area contributed by atoms with Crippen LogP contribution >= 0.6 is 0 Å². The lowest BCUT2D eigenvalue weighted by Crippen LogP contribution is -2.50. The average Bonchev–Trinajstić information content (AvgIpc) is 3.02. The van der Waals surface area contributed by atoms with Gasteiger partial charge in [-0.15, -0.1) is 0 Å². The number of nitrogens with one attached hydrogen (secondary N) is 2. The van der Waals surface area contributed by atoms with Crippen LogP contribution < -0.4 is 10.6 Å². The number of hydrogen-bond acceptors (Lipinski definition) is 5. The van der Waals surface area contributed by atoms with Gasteiger partial charge in [0.05, 0.1) is 6.04 Å². The highest BCUT2D eigenvalue weighted by atomic mass is 16.3. The molecule has 3 N–H and O–H groups in total. The minimum Gasteiger partial charge on any atom is -0.396 e. The maximum absolute atomic E-state index is 12.1. The number of aliphatic hydroxyl groups is 1. The molecule has 136 valence electrons.